The molecule has 0 spiro atoms. The van der Waals surface area contributed by atoms with Crippen LogP contribution >= 0.6 is 43.5 Å². The van der Waals surface area contributed by atoms with E-state index in [-0.39, 0.29) is 22.3 Å². The predicted octanol–water partition coefficient (Wildman–Crippen LogP) is 4.62. The molecule has 3 rings (SSSR count). The van der Waals surface area contributed by atoms with Gasteiger partial charge in [0.15, 0.2) is 5.78 Å². The van der Waals surface area contributed by atoms with Crippen molar-refractivity contribution in [1.82, 2.24) is 0 Å². The summed E-state index contributed by atoms with van der Waals surface area (Å²) in [5.74, 6) is 0.182. The molecule has 0 amide bonds. The molecule has 2 aliphatic rings. The van der Waals surface area contributed by atoms with Gasteiger partial charge in [0.2, 0.25) is 0 Å². The minimum Gasteiger partial charge on any atom is -0.508 e. The second kappa shape index (κ2) is 4.59. The predicted molar refractivity (Wildman–Crippen MR) is 87.6 cm³/mol. The van der Waals surface area contributed by atoms with Crippen LogP contribution in [0.15, 0.2) is 28.7 Å². The van der Waals surface area contributed by atoms with E-state index in [9.17, 15) is 9.90 Å². The third-order valence-electron chi connectivity index (χ3n) is 4.13. The van der Waals surface area contributed by atoms with Crippen LogP contribution in [0.1, 0.15) is 25.3 Å². The number of benzene rings is 1. The van der Waals surface area contributed by atoms with Gasteiger partial charge in [-0.15, -0.1) is 11.6 Å². The van der Waals surface area contributed by atoms with Gasteiger partial charge in [-0.1, -0.05) is 28.1 Å². The first kappa shape index (κ1) is 14.6. The number of fused-ring (bicyclic) bond motifs is 1. The Morgan fingerprint density at radius 1 is 1.35 bits per heavy atom. The van der Waals surface area contributed by atoms with Gasteiger partial charge >= 0.3 is 0 Å². The first-order chi connectivity index (χ1) is 9.24. The quantitative estimate of drug-likeness (QED) is 0.673. The highest BCUT2D eigenvalue weighted by Gasteiger charge is 2.60. The van der Waals surface area contributed by atoms with Gasteiger partial charge < -0.3 is 5.11 Å². The normalized spacial score (nSPS) is 36.6. The first-order valence-electron chi connectivity index (χ1n) is 6.36. The highest BCUT2D eigenvalue weighted by molar-refractivity contribution is 9.12. The summed E-state index contributed by atoms with van der Waals surface area (Å²) in [6.07, 6.45) is 1.36. The SMILES string of the molecule is C[C@@]1(Cl)C[C@H]2C(=O)C(Br)=C(c3ccc(O)cc3)C2(Br)C1. The summed E-state index contributed by atoms with van der Waals surface area (Å²) >= 11 is 13.7. The number of hydrogen-bond donors (Lipinski definition) is 1. The van der Waals surface area contributed by atoms with Crippen LogP contribution in [0.3, 0.4) is 0 Å². The molecule has 1 N–H and O–H groups in total. The Labute approximate surface area is 139 Å². The summed E-state index contributed by atoms with van der Waals surface area (Å²) in [5.41, 5.74) is 1.87. The van der Waals surface area contributed by atoms with Gasteiger partial charge in [-0.05, 0) is 59.0 Å². The van der Waals surface area contributed by atoms with E-state index in [2.05, 4.69) is 31.9 Å². The Kier molecular flexibility index (Phi) is 3.35. The minimum atomic E-state index is -0.420. The molecular formula is C15H13Br2ClO2. The molecule has 0 aromatic heterocycles. The topological polar surface area (TPSA) is 37.3 Å². The number of hydrogen-bond acceptors (Lipinski definition) is 2. The molecule has 2 nitrogen and oxygen atoms in total. The molecule has 5 heteroatoms. The van der Waals surface area contributed by atoms with Gasteiger partial charge in [0.25, 0.3) is 0 Å². The Bertz CT molecular complexity index is 621. The molecule has 0 saturated heterocycles. The van der Waals surface area contributed by atoms with E-state index in [1.165, 1.54) is 0 Å². The molecule has 1 saturated carbocycles. The molecule has 106 valence electrons. The number of carbonyl (C=O) groups excluding carboxylic acids is 1. The van der Waals surface area contributed by atoms with Gasteiger partial charge in [-0.2, -0.15) is 0 Å². The van der Waals surface area contributed by atoms with Crippen LogP contribution in [0, 0.1) is 5.92 Å². The number of phenolic OH excluding ortho intramolecular Hbond substituents is 1. The average molecular weight is 421 g/mol. The molecule has 0 bridgehead atoms. The van der Waals surface area contributed by atoms with E-state index >= 15 is 0 Å². The molecule has 20 heavy (non-hydrogen) atoms. The van der Waals surface area contributed by atoms with E-state index < -0.39 is 4.32 Å². The van der Waals surface area contributed by atoms with Gasteiger partial charge in [0.05, 0.1) is 8.81 Å². The Hall–Kier alpha value is -0.320. The third-order valence-corrected chi connectivity index (χ3v) is 6.44. The van der Waals surface area contributed by atoms with Crippen LogP contribution in [0.4, 0.5) is 0 Å². The fourth-order valence-corrected chi connectivity index (χ4v) is 6.40. The second-order valence-electron chi connectivity index (χ2n) is 5.81. The fraction of sp³-hybridized carbons (Fsp3) is 0.400. The Balaban J connectivity index is 2.14. The van der Waals surface area contributed by atoms with Gasteiger partial charge in [0.1, 0.15) is 5.75 Å². The van der Waals surface area contributed by atoms with Crippen LogP contribution < -0.4 is 0 Å². The number of aromatic hydroxyl groups is 1. The number of rotatable bonds is 1. The molecule has 1 unspecified atom stereocenters. The third kappa shape index (κ3) is 2.08. The fourth-order valence-electron chi connectivity index (χ4n) is 3.34. The number of allylic oxidation sites excluding steroid dienone is 2. The maximum atomic E-state index is 12.5. The summed E-state index contributed by atoms with van der Waals surface area (Å²) < 4.78 is 0.202. The van der Waals surface area contributed by atoms with Crippen LogP contribution in [-0.4, -0.2) is 20.1 Å². The van der Waals surface area contributed by atoms with Gasteiger partial charge in [-0.3, -0.25) is 4.79 Å². The first-order valence-corrected chi connectivity index (χ1v) is 8.33. The van der Waals surface area contributed by atoms with Crippen LogP contribution in [0.25, 0.3) is 5.57 Å². The molecule has 2 aliphatic carbocycles. The maximum Gasteiger partial charge on any atom is 0.175 e. The standard InChI is InChI=1S/C15H13Br2ClO2/c1-14(18)6-10-13(20)12(16)11(15(10,17)7-14)8-2-4-9(19)5-3-8/h2-5,10,19H,6-7H2,1H3/t10-,14+,15?/m0/s1. The van der Waals surface area contributed by atoms with Crippen molar-refractivity contribution < 1.29 is 9.90 Å². The maximum absolute atomic E-state index is 12.5. The van der Waals surface area contributed by atoms with E-state index in [0.29, 0.717) is 17.3 Å². The van der Waals surface area contributed by atoms with Crippen molar-refractivity contribution in [1.29, 1.82) is 0 Å². The van der Waals surface area contributed by atoms with E-state index in [4.69, 9.17) is 11.6 Å². The van der Waals surface area contributed by atoms with E-state index in [0.717, 1.165) is 11.1 Å². The molecule has 0 aliphatic heterocycles. The largest absolute Gasteiger partial charge is 0.508 e. The Morgan fingerprint density at radius 2 is 1.95 bits per heavy atom. The van der Waals surface area contributed by atoms with Crippen molar-refractivity contribution in [3.8, 4) is 5.75 Å². The molecule has 1 fully saturated rings. The zero-order valence-corrected chi connectivity index (χ0v) is 14.7. The summed E-state index contributed by atoms with van der Waals surface area (Å²) in [7, 11) is 0. The highest BCUT2D eigenvalue weighted by Crippen LogP contribution is 2.62. The molecular weight excluding hydrogens is 407 g/mol. The number of carbonyl (C=O) groups is 1. The zero-order chi connectivity index (χ0) is 14.7. The molecule has 1 aromatic carbocycles. The number of phenols is 1. The summed E-state index contributed by atoms with van der Waals surface area (Å²) in [5, 5.41) is 9.42. The van der Waals surface area contributed by atoms with Crippen molar-refractivity contribution >= 4 is 54.8 Å². The number of halogens is 3. The average Bonchev–Trinajstić information content (AvgIpc) is 2.69. The lowest BCUT2D eigenvalue weighted by atomic mass is 9.90. The van der Waals surface area contributed by atoms with E-state index in [1.807, 2.05) is 19.1 Å². The molecule has 0 radical (unpaired) electrons. The molecule has 1 aromatic rings. The van der Waals surface area contributed by atoms with Crippen molar-refractivity contribution in [2.45, 2.75) is 29.0 Å². The molecule has 3 atom stereocenters. The van der Waals surface area contributed by atoms with Crippen molar-refractivity contribution in [2.24, 2.45) is 5.92 Å². The summed E-state index contributed by atoms with van der Waals surface area (Å²) in [6.45, 7) is 1.98. The number of alkyl halides is 2. The van der Waals surface area contributed by atoms with E-state index in [1.54, 1.807) is 12.1 Å². The van der Waals surface area contributed by atoms with Crippen LogP contribution in [0.5, 0.6) is 5.75 Å². The van der Waals surface area contributed by atoms with Crippen molar-refractivity contribution in [3.05, 3.63) is 34.3 Å². The van der Waals surface area contributed by atoms with Crippen molar-refractivity contribution in [2.75, 3.05) is 0 Å². The minimum absolute atomic E-state index is 0.106. The zero-order valence-electron chi connectivity index (χ0n) is 10.8. The van der Waals surface area contributed by atoms with Gasteiger partial charge in [0, 0.05) is 10.8 Å². The van der Waals surface area contributed by atoms with Crippen LogP contribution in [-0.2, 0) is 4.79 Å². The second-order valence-corrected chi connectivity index (χ2v) is 8.93. The summed E-state index contributed by atoms with van der Waals surface area (Å²) in [4.78, 5) is 12.1. The highest BCUT2D eigenvalue weighted by atomic mass is 79.9. The molecule has 0 heterocycles. The smallest absolute Gasteiger partial charge is 0.175 e. The number of ketones is 1. The summed E-state index contributed by atoms with van der Waals surface area (Å²) in [6, 6.07) is 6.92. The Morgan fingerprint density at radius 3 is 2.55 bits per heavy atom. The van der Waals surface area contributed by atoms with Crippen molar-refractivity contribution in [3.63, 3.8) is 0 Å². The number of Topliss-reactive ketones (excluding diaryl/α,β-unsaturated/α-hetero) is 1. The lowest BCUT2D eigenvalue weighted by Crippen LogP contribution is -2.26. The van der Waals surface area contributed by atoms with Gasteiger partial charge in [-0.25, -0.2) is 0 Å². The lowest BCUT2D eigenvalue weighted by molar-refractivity contribution is -0.117. The van der Waals surface area contributed by atoms with Crippen LogP contribution in [0.2, 0.25) is 0 Å². The lowest BCUT2D eigenvalue weighted by Gasteiger charge is -2.26. The monoisotopic (exact) mass is 418 g/mol.